The number of benzene rings is 4. The maximum Gasteiger partial charge on any atom is 0.179 e. The lowest BCUT2D eigenvalue weighted by Crippen LogP contribution is -2.74. The van der Waals surface area contributed by atoms with Crippen LogP contribution in [0.4, 0.5) is 0 Å². The zero-order valence-corrected chi connectivity index (χ0v) is 43.7. The van der Waals surface area contributed by atoms with Crippen LogP contribution in [0.1, 0.15) is 0 Å². The Morgan fingerprint density at radius 2 is 0.392 bits per heavy atom. The molecule has 0 saturated heterocycles. The summed E-state index contributed by atoms with van der Waals surface area (Å²) in [6.07, 6.45) is 10.8. The quantitative estimate of drug-likeness (QED) is 0.0822. The van der Waals surface area contributed by atoms with E-state index in [-0.39, 0.29) is 0 Å². The van der Waals surface area contributed by atoms with Crippen LogP contribution in [0.25, 0.3) is 102 Å². The van der Waals surface area contributed by atoms with Crippen LogP contribution < -0.4 is 20.7 Å². The van der Waals surface area contributed by atoms with E-state index in [9.17, 15) is 0 Å². The molecule has 0 unspecified atom stereocenters. The maximum absolute atomic E-state index is 5.08. The molecule has 0 aliphatic rings. The molecule has 0 aliphatic carbocycles. The molecule has 79 heavy (non-hydrogen) atoms. The van der Waals surface area contributed by atoms with Gasteiger partial charge in [0, 0.05) is 37.2 Å². The van der Waals surface area contributed by atoms with Crippen LogP contribution in [0.15, 0.2) is 286 Å². The van der Waals surface area contributed by atoms with Gasteiger partial charge in [-0.2, -0.15) is 0 Å². The van der Waals surface area contributed by atoms with Crippen LogP contribution in [0.5, 0.6) is 0 Å². The normalized spacial score (nSPS) is 11.3. The van der Waals surface area contributed by atoms with Crippen LogP contribution in [0.3, 0.4) is 0 Å². The molecule has 9 nitrogen and oxygen atoms in total. The lowest BCUT2D eigenvalue weighted by atomic mass is 10.0. The van der Waals surface area contributed by atoms with Crippen molar-refractivity contribution in [3.8, 4) is 102 Å². The third kappa shape index (κ3) is 9.83. The molecule has 10 heteroatoms. The number of hydrogen-bond acceptors (Lipinski definition) is 9. The maximum atomic E-state index is 5.08. The minimum absolute atomic E-state index is 0.776. The minimum Gasteiger partial charge on any atom is -0.255 e. The molecule has 0 amide bonds. The summed E-state index contributed by atoms with van der Waals surface area (Å²) in [6, 6.07) is 86.7. The molecule has 0 N–H and O–H groups in total. The fourth-order valence-corrected chi connectivity index (χ4v) is 15.1. The molecule has 0 radical (unpaired) electrons. The van der Waals surface area contributed by atoms with Gasteiger partial charge in [-0.3, -0.25) is 29.9 Å². The summed E-state index contributed by atoms with van der Waals surface area (Å²) in [7, 11) is -3.15. The molecule has 0 atom stereocenters. The van der Waals surface area contributed by atoms with Crippen molar-refractivity contribution in [2.45, 2.75) is 0 Å². The Kier molecular flexibility index (Phi) is 13.1. The highest BCUT2D eigenvalue weighted by atomic mass is 28.3. The second-order valence-electron chi connectivity index (χ2n) is 19.0. The summed E-state index contributed by atoms with van der Waals surface area (Å²) in [5.41, 5.74) is 15.6. The Morgan fingerprint density at radius 1 is 0.177 bits per heavy atom. The Labute approximate surface area is 458 Å². The zero-order chi connectivity index (χ0) is 52.8. The lowest BCUT2D eigenvalue weighted by molar-refractivity contribution is 1.22. The van der Waals surface area contributed by atoms with Gasteiger partial charge in [-0.25, -0.2) is 15.0 Å². The molecular formula is C69H47N9Si. The van der Waals surface area contributed by atoms with Crippen molar-refractivity contribution in [2.24, 2.45) is 0 Å². The molecule has 372 valence electrons. The van der Waals surface area contributed by atoms with Crippen LogP contribution in [-0.4, -0.2) is 52.9 Å². The topological polar surface area (TPSA) is 116 Å². The van der Waals surface area contributed by atoms with Crippen LogP contribution in [-0.2, 0) is 0 Å². The van der Waals surface area contributed by atoms with Gasteiger partial charge in [0.25, 0.3) is 0 Å². The third-order valence-corrected chi connectivity index (χ3v) is 19.0. The SMILES string of the molecule is c1ccc([Si](c2ccc(-c3cc(-c4ccccn4)nc(-c4ccccn4)c3)cc2)(c2ccc(-c3cc(-c4ccccn4)nc(-c4ccccn4)c3)cc2)c2ccc(-c3cc(-c4ccccn4)nc(-c4ccccn4)c3)cc2)cc1. The first-order chi connectivity index (χ1) is 39.1. The van der Waals surface area contributed by atoms with Crippen molar-refractivity contribution < 1.29 is 0 Å². The van der Waals surface area contributed by atoms with E-state index in [1.54, 1.807) is 37.2 Å². The average Bonchev–Trinajstić information content (AvgIpc) is 3.70. The largest absolute Gasteiger partial charge is 0.255 e. The third-order valence-electron chi connectivity index (χ3n) is 14.2. The van der Waals surface area contributed by atoms with Gasteiger partial charge < -0.3 is 0 Å². The van der Waals surface area contributed by atoms with E-state index >= 15 is 0 Å². The first-order valence-corrected chi connectivity index (χ1v) is 28.1. The Bertz CT molecular complexity index is 3600. The number of hydrogen-bond donors (Lipinski definition) is 0. The van der Waals surface area contributed by atoms with Crippen LogP contribution >= 0.6 is 0 Å². The van der Waals surface area contributed by atoms with E-state index in [0.29, 0.717) is 0 Å². The van der Waals surface area contributed by atoms with Gasteiger partial charge in [-0.05, 0) is 163 Å². The fourth-order valence-electron chi connectivity index (χ4n) is 10.4. The van der Waals surface area contributed by atoms with Crippen molar-refractivity contribution in [1.82, 2.24) is 44.9 Å². The number of nitrogens with zero attached hydrogens (tertiary/aromatic N) is 9. The monoisotopic (exact) mass is 1030 g/mol. The molecule has 0 saturated carbocycles. The molecule has 0 spiro atoms. The molecule has 0 bridgehead atoms. The van der Waals surface area contributed by atoms with E-state index in [4.69, 9.17) is 44.9 Å². The van der Waals surface area contributed by atoms with Crippen molar-refractivity contribution >= 4 is 28.8 Å². The fraction of sp³-hybridized carbons (Fsp3) is 0. The minimum atomic E-state index is -3.15. The van der Waals surface area contributed by atoms with Crippen molar-refractivity contribution in [3.63, 3.8) is 0 Å². The van der Waals surface area contributed by atoms with E-state index in [2.05, 4.69) is 140 Å². The first kappa shape index (κ1) is 48.1. The number of rotatable bonds is 13. The predicted molar refractivity (Wildman–Crippen MR) is 319 cm³/mol. The summed E-state index contributed by atoms with van der Waals surface area (Å²) >= 11 is 0. The first-order valence-electron chi connectivity index (χ1n) is 26.1. The van der Waals surface area contributed by atoms with Gasteiger partial charge in [-0.1, -0.05) is 140 Å². The Balaban J connectivity index is 0.981. The second kappa shape index (κ2) is 21.6. The molecule has 13 rings (SSSR count). The van der Waals surface area contributed by atoms with Gasteiger partial charge in [0.15, 0.2) is 8.07 Å². The molecule has 0 fully saturated rings. The summed E-state index contributed by atoms with van der Waals surface area (Å²) in [5, 5.41) is 4.93. The van der Waals surface area contributed by atoms with Crippen molar-refractivity contribution in [3.05, 3.63) is 286 Å². The summed E-state index contributed by atoms with van der Waals surface area (Å²) in [4.78, 5) is 43.4. The molecule has 9 aromatic heterocycles. The smallest absolute Gasteiger partial charge is 0.179 e. The predicted octanol–water partition coefficient (Wildman–Crippen LogP) is 12.6. The van der Waals surface area contributed by atoms with Crippen LogP contribution in [0.2, 0.25) is 0 Å². The van der Waals surface area contributed by atoms with Crippen molar-refractivity contribution in [1.29, 1.82) is 0 Å². The molecule has 9 heterocycles. The highest BCUT2D eigenvalue weighted by molar-refractivity contribution is 7.19. The molecule has 0 aliphatic heterocycles. The molecule has 13 aromatic rings. The highest BCUT2D eigenvalue weighted by Crippen LogP contribution is 2.33. The average molecular weight is 1030 g/mol. The van der Waals surface area contributed by atoms with Gasteiger partial charge in [0.1, 0.15) is 0 Å². The van der Waals surface area contributed by atoms with E-state index < -0.39 is 8.07 Å². The summed E-state index contributed by atoms with van der Waals surface area (Å²) in [5.74, 6) is 0. The molecular weight excluding hydrogens is 983 g/mol. The zero-order valence-electron chi connectivity index (χ0n) is 42.7. The van der Waals surface area contributed by atoms with Gasteiger partial charge in [0.05, 0.1) is 68.3 Å². The summed E-state index contributed by atoms with van der Waals surface area (Å²) < 4.78 is 0. The van der Waals surface area contributed by atoms with E-state index in [0.717, 1.165) is 102 Å². The van der Waals surface area contributed by atoms with Crippen molar-refractivity contribution in [2.75, 3.05) is 0 Å². The number of pyridine rings is 9. The standard InChI is InChI=1S/C69H47N9Si/c1-2-16-54(17-3-1)79(55-30-24-48(25-31-55)51-42-64(58-18-4-10-36-70-58)76-65(43-51)59-19-5-11-37-71-59,56-32-26-49(27-33-56)52-44-66(60-20-6-12-38-72-60)77-67(45-52)61-21-7-13-39-73-61)57-34-28-50(29-35-57)53-46-68(62-22-8-14-40-74-62)78-69(47-53)63-23-9-15-41-75-63/h1-47H. The Morgan fingerprint density at radius 3 is 0.608 bits per heavy atom. The second-order valence-corrected chi connectivity index (χ2v) is 22.8. The summed E-state index contributed by atoms with van der Waals surface area (Å²) in [6.45, 7) is 0. The van der Waals surface area contributed by atoms with Gasteiger partial charge in [0.2, 0.25) is 0 Å². The Hall–Kier alpha value is -10.6. The van der Waals surface area contributed by atoms with E-state index in [1.807, 2.05) is 109 Å². The highest BCUT2D eigenvalue weighted by Gasteiger charge is 2.41. The van der Waals surface area contributed by atoms with E-state index in [1.165, 1.54) is 20.7 Å². The van der Waals surface area contributed by atoms with Gasteiger partial charge >= 0.3 is 0 Å². The molecule has 4 aromatic carbocycles. The lowest BCUT2D eigenvalue weighted by Gasteiger charge is -2.35. The van der Waals surface area contributed by atoms with Crippen LogP contribution in [0, 0.1) is 0 Å². The van der Waals surface area contributed by atoms with Gasteiger partial charge in [-0.15, -0.1) is 0 Å². The number of aromatic nitrogens is 9.